The quantitative estimate of drug-likeness (QED) is 0.886. The number of anilines is 1. The lowest BCUT2D eigenvalue weighted by Crippen LogP contribution is -2.17. The van der Waals surface area contributed by atoms with Gasteiger partial charge in [0.25, 0.3) is 0 Å². The van der Waals surface area contributed by atoms with Gasteiger partial charge in [0.1, 0.15) is 0 Å². The lowest BCUT2D eigenvalue weighted by atomic mass is 10.1. The average Bonchev–Trinajstić information content (AvgIpc) is 2.95. The Labute approximate surface area is 115 Å². The second-order valence-electron chi connectivity index (χ2n) is 5.45. The van der Waals surface area contributed by atoms with E-state index in [0.29, 0.717) is 5.69 Å². The fourth-order valence-electron chi connectivity index (χ4n) is 2.55. The third-order valence-electron chi connectivity index (χ3n) is 3.79. The van der Waals surface area contributed by atoms with E-state index in [2.05, 4.69) is 5.32 Å². The molecule has 1 saturated carbocycles. The molecule has 1 aliphatic rings. The molecule has 20 heavy (non-hydrogen) atoms. The molecule has 2 N–H and O–H groups in total. The summed E-state index contributed by atoms with van der Waals surface area (Å²) in [6, 6.07) is 3.94. The van der Waals surface area contributed by atoms with Crippen molar-refractivity contribution in [3.05, 3.63) is 24.0 Å². The number of aliphatic carboxylic acids is 1. The third-order valence-corrected chi connectivity index (χ3v) is 3.79. The van der Waals surface area contributed by atoms with Crippen molar-refractivity contribution < 1.29 is 23.8 Å². The molecule has 0 bridgehead atoms. The van der Waals surface area contributed by atoms with Gasteiger partial charge >= 0.3 is 5.97 Å². The highest BCUT2D eigenvalue weighted by molar-refractivity contribution is 5.99. The Kier molecular flexibility index (Phi) is 3.41. The van der Waals surface area contributed by atoms with E-state index < -0.39 is 29.0 Å². The summed E-state index contributed by atoms with van der Waals surface area (Å²) in [7, 11) is 1.33. The van der Waals surface area contributed by atoms with Gasteiger partial charge in [0.15, 0.2) is 11.6 Å². The minimum atomic E-state index is -0.980. The predicted molar refractivity (Wildman–Crippen MR) is 70.0 cm³/mol. The number of carbonyl (C=O) groups is 2. The van der Waals surface area contributed by atoms with Crippen LogP contribution in [0, 0.1) is 23.1 Å². The zero-order valence-electron chi connectivity index (χ0n) is 11.4. The van der Waals surface area contributed by atoms with Crippen LogP contribution >= 0.6 is 0 Å². The van der Waals surface area contributed by atoms with Gasteiger partial charge in [-0.1, -0.05) is 13.8 Å². The summed E-state index contributed by atoms with van der Waals surface area (Å²) < 4.78 is 18.1. The summed E-state index contributed by atoms with van der Waals surface area (Å²) in [4.78, 5) is 23.1. The number of rotatable bonds is 4. The first-order chi connectivity index (χ1) is 9.28. The number of methoxy groups -OCH3 is 1. The molecule has 108 valence electrons. The second kappa shape index (κ2) is 4.77. The largest absolute Gasteiger partial charge is 0.494 e. The van der Waals surface area contributed by atoms with Crippen LogP contribution in [0.25, 0.3) is 0 Å². The summed E-state index contributed by atoms with van der Waals surface area (Å²) in [6.45, 7) is 3.47. The number of ether oxygens (including phenoxy) is 1. The summed E-state index contributed by atoms with van der Waals surface area (Å²) in [6.07, 6.45) is 0. The first-order valence-corrected chi connectivity index (χ1v) is 6.16. The van der Waals surface area contributed by atoms with Gasteiger partial charge in [0.05, 0.1) is 18.9 Å². The number of amides is 1. The Morgan fingerprint density at radius 3 is 2.50 bits per heavy atom. The van der Waals surface area contributed by atoms with Gasteiger partial charge in [-0.15, -0.1) is 0 Å². The topological polar surface area (TPSA) is 75.6 Å². The molecule has 1 aromatic rings. The Morgan fingerprint density at radius 1 is 1.35 bits per heavy atom. The van der Waals surface area contributed by atoms with E-state index >= 15 is 0 Å². The first kappa shape index (κ1) is 14.3. The minimum absolute atomic E-state index is 0.0210. The standard InChI is InChI=1S/C14H16FNO4/c1-14(2)10(11(14)13(18)19)12(17)16-7-4-5-8(15)9(6-7)20-3/h4-6,10-11H,1-3H3,(H,16,17)(H,18,19). The van der Waals surface area contributed by atoms with Gasteiger partial charge in [0.2, 0.25) is 5.91 Å². The molecule has 6 heteroatoms. The number of carboxylic acids is 1. The molecular weight excluding hydrogens is 265 g/mol. The van der Waals surface area contributed by atoms with Crippen LogP contribution < -0.4 is 10.1 Å². The SMILES string of the molecule is COc1cc(NC(=O)C2C(C(=O)O)C2(C)C)ccc1F. The minimum Gasteiger partial charge on any atom is -0.494 e. The lowest BCUT2D eigenvalue weighted by molar-refractivity contribution is -0.140. The number of halogens is 1. The molecule has 2 unspecified atom stereocenters. The summed E-state index contributed by atoms with van der Waals surface area (Å²) >= 11 is 0. The van der Waals surface area contributed by atoms with E-state index in [1.165, 1.54) is 25.3 Å². The van der Waals surface area contributed by atoms with E-state index in [9.17, 15) is 14.0 Å². The van der Waals surface area contributed by atoms with Crippen LogP contribution in [0.3, 0.4) is 0 Å². The van der Waals surface area contributed by atoms with Gasteiger partial charge in [-0.05, 0) is 17.5 Å². The highest BCUT2D eigenvalue weighted by Crippen LogP contribution is 2.58. The van der Waals surface area contributed by atoms with Crippen LogP contribution in [-0.2, 0) is 9.59 Å². The zero-order chi connectivity index (χ0) is 15.1. The van der Waals surface area contributed by atoms with E-state index in [4.69, 9.17) is 9.84 Å². The van der Waals surface area contributed by atoms with Crippen LogP contribution in [0.5, 0.6) is 5.75 Å². The van der Waals surface area contributed by atoms with E-state index in [1.807, 2.05) is 0 Å². The monoisotopic (exact) mass is 281 g/mol. The Bertz CT molecular complexity index is 570. The lowest BCUT2D eigenvalue weighted by Gasteiger charge is -2.08. The van der Waals surface area contributed by atoms with Crippen molar-refractivity contribution in [1.29, 1.82) is 0 Å². The number of carbonyl (C=O) groups excluding carboxylic acids is 1. The Morgan fingerprint density at radius 2 is 2.00 bits per heavy atom. The summed E-state index contributed by atoms with van der Waals surface area (Å²) in [5.74, 6) is -3.14. The molecule has 1 aromatic carbocycles. The predicted octanol–water partition coefficient (Wildman–Crippen LogP) is 2.13. The Hall–Kier alpha value is -2.11. The van der Waals surface area contributed by atoms with Crippen molar-refractivity contribution in [3.63, 3.8) is 0 Å². The Balaban J connectivity index is 2.12. The fraction of sp³-hybridized carbons (Fsp3) is 0.429. The third kappa shape index (κ3) is 2.33. The average molecular weight is 281 g/mol. The van der Waals surface area contributed by atoms with Gasteiger partial charge in [-0.2, -0.15) is 0 Å². The van der Waals surface area contributed by atoms with Crippen LogP contribution in [0.2, 0.25) is 0 Å². The van der Waals surface area contributed by atoms with Crippen LogP contribution in [0.1, 0.15) is 13.8 Å². The molecule has 0 spiro atoms. The molecule has 1 amide bonds. The van der Waals surface area contributed by atoms with Gasteiger partial charge in [0, 0.05) is 11.8 Å². The maximum Gasteiger partial charge on any atom is 0.307 e. The van der Waals surface area contributed by atoms with E-state index in [-0.39, 0.29) is 11.7 Å². The van der Waals surface area contributed by atoms with Gasteiger partial charge in [-0.3, -0.25) is 9.59 Å². The highest BCUT2D eigenvalue weighted by atomic mass is 19.1. The smallest absolute Gasteiger partial charge is 0.307 e. The maximum atomic E-state index is 13.3. The number of carboxylic acid groups (broad SMARTS) is 1. The highest BCUT2D eigenvalue weighted by Gasteiger charge is 2.65. The number of hydrogen-bond acceptors (Lipinski definition) is 3. The molecule has 0 radical (unpaired) electrons. The van der Waals surface area contributed by atoms with Crippen molar-refractivity contribution in [2.75, 3.05) is 12.4 Å². The molecule has 0 heterocycles. The van der Waals surface area contributed by atoms with Gasteiger partial charge < -0.3 is 15.2 Å². The van der Waals surface area contributed by atoms with Gasteiger partial charge in [-0.25, -0.2) is 4.39 Å². The normalized spacial score (nSPS) is 23.0. The van der Waals surface area contributed by atoms with E-state index in [1.54, 1.807) is 13.8 Å². The molecule has 2 rings (SSSR count). The van der Waals surface area contributed by atoms with Crippen molar-refractivity contribution in [3.8, 4) is 5.75 Å². The molecule has 0 aliphatic heterocycles. The number of hydrogen-bond donors (Lipinski definition) is 2. The van der Waals surface area contributed by atoms with Crippen molar-refractivity contribution in [2.24, 2.45) is 17.3 Å². The molecule has 2 atom stereocenters. The van der Waals surface area contributed by atoms with E-state index in [0.717, 1.165) is 0 Å². The molecule has 5 nitrogen and oxygen atoms in total. The van der Waals surface area contributed by atoms with Crippen LogP contribution in [0.15, 0.2) is 18.2 Å². The fourth-order valence-corrected chi connectivity index (χ4v) is 2.55. The van der Waals surface area contributed by atoms with Crippen molar-refractivity contribution in [1.82, 2.24) is 0 Å². The molecule has 1 fully saturated rings. The molecule has 0 saturated heterocycles. The number of nitrogens with one attached hydrogen (secondary N) is 1. The summed E-state index contributed by atoms with van der Waals surface area (Å²) in [5, 5.41) is 11.6. The van der Waals surface area contributed by atoms with Crippen molar-refractivity contribution in [2.45, 2.75) is 13.8 Å². The molecular formula is C14H16FNO4. The first-order valence-electron chi connectivity index (χ1n) is 6.16. The van der Waals surface area contributed by atoms with Crippen LogP contribution in [-0.4, -0.2) is 24.1 Å². The second-order valence-corrected chi connectivity index (χ2v) is 5.45. The van der Waals surface area contributed by atoms with Crippen LogP contribution in [0.4, 0.5) is 10.1 Å². The molecule has 1 aliphatic carbocycles. The number of benzene rings is 1. The maximum absolute atomic E-state index is 13.3. The summed E-state index contributed by atoms with van der Waals surface area (Å²) in [5.41, 5.74) is -0.194. The molecule has 0 aromatic heterocycles. The van der Waals surface area contributed by atoms with Crippen molar-refractivity contribution >= 4 is 17.6 Å². The zero-order valence-corrected chi connectivity index (χ0v) is 11.4.